The average molecular weight is 368 g/mol. The number of aromatic nitrogens is 1. The normalized spacial score (nSPS) is 17.1. The number of thioether (sulfide) groups is 1. The van der Waals surface area contributed by atoms with Gasteiger partial charge in [0.15, 0.2) is 0 Å². The Morgan fingerprint density at radius 1 is 1.15 bits per heavy atom. The fourth-order valence-electron chi connectivity index (χ4n) is 3.34. The Bertz CT molecular complexity index is 1030. The molecule has 132 valence electrons. The van der Waals surface area contributed by atoms with Crippen molar-refractivity contribution in [1.82, 2.24) is 9.88 Å². The van der Waals surface area contributed by atoms with E-state index in [1.807, 2.05) is 37.4 Å². The second-order valence-electron chi connectivity index (χ2n) is 6.46. The molecule has 1 unspecified atom stereocenters. The van der Waals surface area contributed by atoms with Crippen molar-refractivity contribution in [2.45, 2.75) is 25.1 Å². The van der Waals surface area contributed by atoms with Gasteiger partial charge in [-0.1, -0.05) is 36.0 Å². The van der Waals surface area contributed by atoms with Gasteiger partial charge in [-0.25, -0.2) is 4.39 Å². The van der Waals surface area contributed by atoms with E-state index in [1.165, 1.54) is 6.07 Å². The molecule has 4 nitrogen and oxygen atoms in total. The Kier molecular flexibility index (Phi) is 4.28. The Hall–Kier alpha value is -2.60. The summed E-state index contributed by atoms with van der Waals surface area (Å²) >= 11 is 1.04. The van der Waals surface area contributed by atoms with Gasteiger partial charge in [-0.3, -0.25) is 14.9 Å². The summed E-state index contributed by atoms with van der Waals surface area (Å²) in [5.74, 6) is -0.488. The molecule has 1 saturated heterocycles. The maximum atomic E-state index is 13.6. The number of halogens is 1. The van der Waals surface area contributed by atoms with Crippen LogP contribution in [0.15, 0.2) is 48.7 Å². The number of hydrogen-bond acceptors (Lipinski definition) is 3. The Balaban J connectivity index is 1.71. The van der Waals surface area contributed by atoms with Gasteiger partial charge in [0, 0.05) is 23.6 Å². The van der Waals surface area contributed by atoms with Gasteiger partial charge in [-0.05, 0) is 48.2 Å². The number of benzene rings is 2. The molecular weight excluding hydrogens is 351 g/mol. The molecule has 2 aromatic carbocycles. The van der Waals surface area contributed by atoms with Gasteiger partial charge in [0.25, 0.3) is 5.24 Å². The highest BCUT2D eigenvalue weighted by atomic mass is 32.2. The van der Waals surface area contributed by atoms with Crippen LogP contribution in [-0.4, -0.2) is 21.0 Å². The van der Waals surface area contributed by atoms with Gasteiger partial charge in [0.2, 0.25) is 5.91 Å². The SMILES string of the molecule is Cc1ccc(F)cc1Cn1cc(CC2SC(=O)NC2=O)c2ccccc21. The van der Waals surface area contributed by atoms with Gasteiger partial charge in [0.1, 0.15) is 5.82 Å². The van der Waals surface area contributed by atoms with Crippen LogP contribution in [0, 0.1) is 12.7 Å². The third-order valence-electron chi connectivity index (χ3n) is 4.70. The summed E-state index contributed by atoms with van der Waals surface area (Å²) in [5.41, 5.74) is 3.99. The highest BCUT2D eigenvalue weighted by Gasteiger charge is 2.32. The topological polar surface area (TPSA) is 51.1 Å². The molecular formula is C20H17FN2O2S. The predicted molar refractivity (Wildman–Crippen MR) is 101 cm³/mol. The molecule has 2 amide bonds. The number of aryl methyl sites for hydroxylation is 1. The van der Waals surface area contributed by atoms with E-state index in [9.17, 15) is 14.0 Å². The molecule has 1 fully saturated rings. The van der Waals surface area contributed by atoms with Crippen LogP contribution in [0.2, 0.25) is 0 Å². The maximum Gasteiger partial charge on any atom is 0.286 e. The monoisotopic (exact) mass is 368 g/mol. The first kappa shape index (κ1) is 16.8. The van der Waals surface area contributed by atoms with Gasteiger partial charge < -0.3 is 4.57 Å². The summed E-state index contributed by atoms with van der Waals surface area (Å²) in [6, 6.07) is 12.7. The summed E-state index contributed by atoms with van der Waals surface area (Å²) in [4.78, 5) is 23.3. The molecule has 1 aliphatic heterocycles. The lowest BCUT2D eigenvalue weighted by Crippen LogP contribution is -2.25. The number of imide groups is 1. The Labute approximate surface area is 154 Å². The van der Waals surface area contributed by atoms with Crippen molar-refractivity contribution < 1.29 is 14.0 Å². The Morgan fingerprint density at radius 2 is 1.96 bits per heavy atom. The van der Waals surface area contributed by atoms with E-state index >= 15 is 0 Å². The molecule has 2 heterocycles. The second kappa shape index (κ2) is 6.61. The first-order chi connectivity index (χ1) is 12.5. The van der Waals surface area contributed by atoms with Gasteiger partial charge in [-0.2, -0.15) is 0 Å². The lowest BCUT2D eigenvalue weighted by Gasteiger charge is -2.09. The van der Waals surface area contributed by atoms with Crippen LogP contribution in [-0.2, 0) is 17.8 Å². The molecule has 0 saturated carbocycles. The van der Waals surface area contributed by atoms with Crippen molar-refractivity contribution >= 4 is 33.8 Å². The van der Waals surface area contributed by atoms with Crippen molar-refractivity contribution in [1.29, 1.82) is 0 Å². The van der Waals surface area contributed by atoms with Crippen LogP contribution in [0.4, 0.5) is 9.18 Å². The van der Waals surface area contributed by atoms with Crippen molar-refractivity contribution in [2.24, 2.45) is 0 Å². The average Bonchev–Trinajstić information content (AvgIpc) is 3.11. The van der Waals surface area contributed by atoms with Gasteiger partial charge in [0.05, 0.1) is 5.25 Å². The number of nitrogens with one attached hydrogen (secondary N) is 1. The van der Waals surface area contributed by atoms with Crippen molar-refractivity contribution in [3.05, 3.63) is 71.2 Å². The van der Waals surface area contributed by atoms with Crippen LogP contribution < -0.4 is 5.32 Å². The number of para-hydroxylation sites is 1. The van der Waals surface area contributed by atoms with Crippen LogP contribution in [0.5, 0.6) is 0 Å². The van der Waals surface area contributed by atoms with Crippen molar-refractivity contribution in [3.63, 3.8) is 0 Å². The summed E-state index contributed by atoms with van der Waals surface area (Å²) in [7, 11) is 0. The van der Waals surface area contributed by atoms with E-state index in [0.29, 0.717) is 13.0 Å². The quantitative estimate of drug-likeness (QED) is 0.756. The molecule has 1 aromatic heterocycles. The molecule has 4 rings (SSSR count). The van der Waals surface area contributed by atoms with E-state index in [-0.39, 0.29) is 17.0 Å². The molecule has 0 aliphatic carbocycles. The van der Waals surface area contributed by atoms with Gasteiger partial charge >= 0.3 is 0 Å². The molecule has 1 atom stereocenters. The zero-order valence-corrected chi connectivity index (χ0v) is 15.0. The van der Waals surface area contributed by atoms with E-state index in [2.05, 4.69) is 9.88 Å². The van der Waals surface area contributed by atoms with E-state index < -0.39 is 5.25 Å². The summed E-state index contributed by atoms with van der Waals surface area (Å²) in [5, 5.41) is 2.68. The third kappa shape index (κ3) is 3.12. The highest BCUT2D eigenvalue weighted by molar-refractivity contribution is 8.15. The minimum absolute atomic E-state index is 0.238. The van der Waals surface area contributed by atoms with E-state index in [0.717, 1.165) is 39.4 Å². The number of nitrogens with zero attached hydrogens (tertiary/aromatic N) is 1. The fourth-order valence-corrected chi connectivity index (χ4v) is 4.18. The van der Waals surface area contributed by atoms with Gasteiger partial charge in [-0.15, -0.1) is 0 Å². The largest absolute Gasteiger partial charge is 0.343 e. The zero-order chi connectivity index (χ0) is 18.3. The lowest BCUT2D eigenvalue weighted by atomic mass is 10.1. The second-order valence-corrected chi connectivity index (χ2v) is 7.63. The van der Waals surface area contributed by atoms with Crippen LogP contribution >= 0.6 is 11.8 Å². The number of fused-ring (bicyclic) bond motifs is 1. The molecule has 6 heteroatoms. The Morgan fingerprint density at radius 3 is 2.73 bits per heavy atom. The maximum absolute atomic E-state index is 13.6. The molecule has 1 aliphatic rings. The minimum atomic E-state index is -0.405. The molecule has 26 heavy (non-hydrogen) atoms. The molecule has 0 bridgehead atoms. The molecule has 1 N–H and O–H groups in total. The minimum Gasteiger partial charge on any atom is -0.343 e. The van der Waals surface area contributed by atoms with E-state index in [1.54, 1.807) is 12.1 Å². The smallest absolute Gasteiger partial charge is 0.286 e. The first-order valence-electron chi connectivity index (χ1n) is 8.34. The number of amides is 2. The first-order valence-corrected chi connectivity index (χ1v) is 9.22. The number of carbonyl (C=O) groups excluding carboxylic acids is 2. The number of hydrogen-bond donors (Lipinski definition) is 1. The molecule has 0 spiro atoms. The summed E-state index contributed by atoms with van der Waals surface area (Å²) < 4.78 is 15.7. The summed E-state index contributed by atoms with van der Waals surface area (Å²) in [6.45, 7) is 2.51. The molecule has 3 aromatic rings. The molecule has 0 radical (unpaired) electrons. The number of rotatable bonds is 4. The predicted octanol–water partition coefficient (Wildman–Crippen LogP) is 4.03. The number of carbonyl (C=O) groups is 2. The van der Waals surface area contributed by atoms with Crippen molar-refractivity contribution in [3.8, 4) is 0 Å². The van der Waals surface area contributed by atoms with E-state index in [4.69, 9.17) is 0 Å². The summed E-state index contributed by atoms with van der Waals surface area (Å²) in [6.07, 6.45) is 2.49. The standard InChI is InChI=1S/C20H17FN2O2S/c1-12-6-7-15(21)8-13(12)10-23-11-14(16-4-2-3-5-17(16)23)9-18-19(24)22-20(25)26-18/h2-8,11,18H,9-10H2,1H3,(H,22,24,25). The van der Waals surface area contributed by atoms with Crippen LogP contribution in [0.3, 0.4) is 0 Å². The third-order valence-corrected chi connectivity index (χ3v) is 5.68. The lowest BCUT2D eigenvalue weighted by molar-refractivity contribution is -0.118. The fraction of sp³-hybridized carbons (Fsp3) is 0.200. The zero-order valence-electron chi connectivity index (χ0n) is 14.2. The van der Waals surface area contributed by atoms with Crippen molar-refractivity contribution in [2.75, 3.05) is 0 Å². The highest BCUT2D eigenvalue weighted by Crippen LogP contribution is 2.29. The van der Waals surface area contributed by atoms with Crippen LogP contribution in [0.1, 0.15) is 16.7 Å². The van der Waals surface area contributed by atoms with Crippen LogP contribution in [0.25, 0.3) is 10.9 Å².